The molecule has 0 saturated carbocycles. The lowest BCUT2D eigenvalue weighted by Crippen LogP contribution is -2.34. The highest BCUT2D eigenvalue weighted by molar-refractivity contribution is 5.97. The lowest BCUT2D eigenvalue weighted by Gasteiger charge is -2.16. The lowest BCUT2D eigenvalue weighted by atomic mass is 10.0. The molecule has 0 aliphatic carbocycles. The van der Waals surface area contributed by atoms with Gasteiger partial charge in [0.2, 0.25) is 0 Å². The van der Waals surface area contributed by atoms with E-state index in [4.69, 9.17) is 10.5 Å². The number of halogens is 3. The highest BCUT2D eigenvalue weighted by Gasteiger charge is 2.30. The van der Waals surface area contributed by atoms with Crippen LogP contribution in [0.15, 0.2) is 48.5 Å². The first-order valence-corrected chi connectivity index (χ1v) is 8.14. The number of nitrogens with two attached hydrogens (primary N) is 1. The van der Waals surface area contributed by atoms with Gasteiger partial charge in [-0.05, 0) is 43.2 Å². The maximum atomic E-state index is 12.6. The van der Waals surface area contributed by atoms with Crippen molar-refractivity contribution in [2.45, 2.75) is 25.6 Å². The molecule has 3 N–H and O–H groups in total. The van der Waals surface area contributed by atoms with Crippen LogP contribution in [-0.2, 0) is 17.4 Å². The van der Waals surface area contributed by atoms with E-state index in [0.29, 0.717) is 12.0 Å². The summed E-state index contributed by atoms with van der Waals surface area (Å²) in [7, 11) is 0. The van der Waals surface area contributed by atoms with Gasteiger partial charge in [-0.1, -0.05) is 24.3 Å². The number of primary amides is 1. The zero-order valence-corrected chi connectivity index (χ0v) is 14.5. The highest BCUT2D eigenvalue weighted by Crippen LogP contribution is 2.29. The van der Waals surface area contributed by atoms with Gasteiger partial charge in [-0.3, -0.25) is 9.59 Å². The molecule has 8 heteroatoms. The number of benzene rings is 2. The van der Waals surface area contributed by atoms with Crippen molar-refractivity contribution in [1.82, 2.24) is 5.32 Å². The predicted octanol–water partition coefficient (Wildman–Crippen LogP) is 2.93. The van der Waals surface area contributed by atoms with E-state index in [1.807, 2.05) is 0 Å². The van der Waals surface area contributed by atoms with Crippen molar-refractivity contribution < 1.29 is 27.5 Å². The third kappa shape index (κ3) is 6.02. The Balaban J connectivity index is 2.00. The summed E-state index contributed by atoms with van der Waals surface area (Å²) in [5.74, 6) is -0.870. The van der Waals surface area contributed by atoms with Crippen molar-refractivity contribution in [2.24, 2.45) is 5.73 Å². The fourth-order valence-electron chi connectivity index (χ4n) is 2.46. The zero-order chi connectivity index (χ0) is 20.0. The Labute approximate surface area is 154 Å². The second kappa shape index (κ2) is 8.57. The quantitative estimate of drug-likeness (QED) is 0.775. The van der Waals surface area contributed by atoms with Gasteiger partial charge in [0.05, 0.1) is 11.1 Å². The predicted molar refractivity (Wildman–Crippen MR) is 93.2 cm³/mol. The molecule has 2 aromatic carbocycles. The van der Waals surface area contributed by atoms with Crippen LogP contribution in [-0.4, -0.2) is 24.5 Å². The number of hydrogen-bond donors (Lipinski definition) is 2. The Kier molecular flexibility index (Phi) is 6.44. The molecule has 0 aromatic heterocycles. The molecule has 0 heterocycles. The van der Waals surface area contributed by atoms with Gasteiger partial charge in [0, 0.05) is 6.04 Å². The topological polar surface area (TPSA) is 81.4 Å². The summed E-state index contributed by atoms with van der Waals surface area (Å²) in [6.45, 7) is 1.38. The van der Waals surface area contributed by atoms with E-state index in [2.05, 4.69) is 5.32 Å². The Morgan fingerprint density at radius 1 is 1.11 bits per heavy atom. The van der Waals surface area contributed by atoms with Gasteiger partial charge in [0.1, 0.15) is 5.75 Å². The van der Waals surface area contributed by atoms with Gasteiger partial charge in [-0.2, -0.15) is 13.2 Å². The third-order valence-corrected chi connectivity index (χ3v) is 3.70. The molecule has 2 aromatic rings. The van der Waals surface area contributed by atoms with Gasteiger partial charge in [0.25, 0.3) is 11.8 Å². The number of nitrogens with one attached hydrogen (secondary N) is 1. The fourth-order valence-corrected chi connectivity index (χ4v) is 2.46. The number of ether oxygens (including phenoxy) is 1. The van der Waals surface area contributed by atoms with Gasteiger partial charge in [-0.15, -0.1) is 0 Å². The molecule has 27 heavy (non-hydrogen) atoms. The normalized spacial score (nSPS) is 12.3. The van der Waals surface area contributed by atoms with Gasteiger partial charge < -0.3 is 15.8 Å². The molecule has 0 spiro atoms. The molecule has 1 atom stereocenters. The molecule has 0 radical (unpaired) electrons. The van der Waals surface area contributed by atoms with E-state index >= 15 is 0 Å². The Morgan fingerprint density at radius 3 is 2.33 bits per heavy atom. The molecule has 0 aliphatic heterocycles. The van der Waals surface area contributed by atoms with Gasteiger partial charge in [-0.25, -0.2) is 0 Å². The minimum Gasteiger partial charge on any atom is -0.483 e. The van der Waals surface area contributed by atoms with Crippen LogP contribution in [0, 0.1) is 0 Å². The molecule has 1 unspecified atom stereocenters. The Morgan fingerprint density at radius 2 is 1.74 bits per heavy atom. The number of rotatable bonds is 7. The van der Waals surface area contributed by atoms with Crippen molar-refractivity contribution >= 4 is 11.8 Å². The zero-order valence-electron chi connectivity index (χ0n) is 14.5. The number of hydrogen-bond acceptors (Lipinski definition) is 3. The molecular weight excluding hydrogens is 361 g/mol. The number of carbonyl (C=O) groups is 2. The van der Waals surface area contributed by atoms with Gasteiger partial charge >= 0.3 is 6.18 Å². The first kappa shape index (κ1) is 20.3. The van der Waals surface area contributed by atoms with Crippen molar-refractivity contribution in [3.05, 3.63) is 65.2 Å². The molecule has 2 amide bonds. The summed E-state index contributed by atoms with van der Waals surface area (Å²) in [6, 6.07) is 10.8. The second-order valence-electron chi connectivity index (χ2n) is 6.02. The summed E-state index contributed by atoms with van der Waals surface area (Å²) in [5.41, 5.74) is 5.21. The average Bonchev–Trinajstić information content (AvgIpc) is 2.59. The molecule has 5 nitrogen and oxygen atoms in total. The van der Waals surface area contributed by atoms with Crippen LogP contribution in [0.3, 0.4) is 0 Å². The highest BCUT2D eigenvalue weighted by atomic mass is 19.4. The number of alkyl halides is 3. The number of carbonyl (C=O) groups excluding carboxylic acids is 2. The van der Waals surface area contributed by atoms with Crippen molar-refractivity contribution in [1.29, 1.82) is 0 Å². The molecule has 144 valence electrons. The summed E-state index contributed by atoms with van der Waals surface area (Å²) in [6.07, 6.45) is -4.03. The van der Waals surface area contributed by atoms with Crippen LogP contribution in [0.25, 0.3) is 0 Å². The summed E-state index contributed by atoms with van der Waals surface area (Å²) < 4.78 is 43.0. The number of para-hydroxylation sites is 1. The average molecular weight is 380 g/mol. The summed E-state index contributed by atoms with van der Waals surface area (Å²) in [4.78, 5) is 23.3. The first-order valence-electron chi connectivity index (χ1n) is 8.14. The van der Waals surface area contributed by atoms with Crippen molar-refractivity contribution in [2.75, 3.05) is 6.61 Å². The van der Waals surface area contributed by atoms with Crippen LogP contribution >= 0.6 is 0 Å². The fraction of sp³-hybridized carbons (Fsp3) is 0.263. The van der Waals surface area contributed by atoms with E-state index in [1.54, 1.807) is 25.1 Å². The molecule has 2 rings (SSSR count). The third-order valence-electron chi connectivity index (χ3n) is 3.70. The summed E-state index contributed by atoms with van der Waals surface area (Å²) >= 11 is 0. The SMILES string of the molecule is CC(Cc1ccc(C(F)(F)F)cc1)NC(=O)c1ccccc1OCC(N)=O. The molecular formula is C19H19F3N2O3. The maximum Gasteiger partial charge on any atom is 0.416 e. The minimum absolute atomic E-state index is 0.218. The first-order chi connectivity index (χ1) is 12.7. The number of amides is 2. The van der Waals surface area contributed by atoms with E-state index in [0.717, 1.165) is 12.1 Å². The molecule has 0 bridgehead atoms. The minimum atomic E-state index is -4.38. The smallest absolute Gasteiger partial charge is 0.416 e. The van der Waals surface area contributed by atoms with E-state index in [-0.39, 0.29) is 24.0 Å². The maximum absolute atomic E-state index is 12.6. The molecule has 0 fully saturated rings. The van der Waals surface area contributed by atoms with Gasteiger partial charge in [0.15, 0.2) is 6.61 Å². The van der Waals surface area contributed by atoms with Crippen LogP contribution in [0.4, 0.5) is 13.2 Å². The van der Waals surface area contributed by atoms with E-state index in [1.165, 1.54) is 18.2 Å². The van der Waals surface area contributed by atoms with Crippen LogP contribution < -0.4 is 15.8 Å². The summed E-state index contributed by atoms with van der Waals surface area (Å²) in [5, 5.41) is 2.76. The Hall–Kier alpha value is -3.03. The van der Waals surface area contributed by atoms with Crippen molar-refractivity contribution in [3.8, 4) is 5.75 Å². The van der Waals surface area contributed by atoms with Crippen molar-refractivity contribution in [3.63, 3.8) is 0 Å². The second-order valence-corrected chi connectivity index (χ2v) is 6.02. The lowest BCUT2D eigenvalue weighted by molar-refractivity contribution is -0.137. The molecule has 0 aliphatic rings. The Bertz CT molecular complexity index is 805. The van der Waals surface area contributed by atoms with E-state index < -0.39 is 23.6 Å². The standard InChI is InChI=1S/C19H19F3N2O3/c1-12(10-13-6-8-14(9-7-13)19(20,21)22)24-18(26)15-4-2-3-5-16(15)27-11-17(23)25/h2-9,12H,10-11H2,1H3,(H2,23,25)(H,24,26). The monoisotopic (exact) mass is 380 g/mol. The van der Waals surface area contributed by atoms with Crippen LogP contribution in [0.1, 0.15) is 28.4 Å². The largest absolute Gasteiger partial charge is 0.483 e. The van der Waals surface area contributed by atoms with Crippen LogP contribution in [0.2, 0.25) is 0 Å². The van der Waals surface area contributed by atoms with E-state index in [9.17, 15) is 22.8 Å². The molecule has 0 saturated heterocycles. The van der Waals surface area contributed by atoms with Crippen LogP contribution in [0.5, 0.6) is 5.75 Å².